The number of rotatable bonds is 5. The van der Waals surface area contributed by atoms with E-state index in [9.17, 15) is 0 Å². The SMILES string of the molecule is CN(C)CCc1c[nH]c2cc(Br)cc(O[P+](O)(O)O)c12. The maximum absolute atomic E-state index is 9.13. The number of halogens is 1. The highest BCUT2D eigenvalue weighted by atomic mass is 79.9. The molecule has 4 N–H and O–H groups in total. The summed E-state index contributed by atoms with van der Waals surface area (Å²) in [5, 5.41) is 0.747. The van der Waals surface area contributed by atoms with Gasteiger partial charge in [-0.15, -0.1) is 0 Å². The summed E-state index contributed by atoms with van der Waals surface area (Å²) in [6.45, 7) is 0.847. The van der Waals surface area contributed by atoms with E-state index in [-0.39, 0.29) is 5.75 Å². The smallest absolute Gasteiger partial charge is 0.361 e. The van der Waals surface area contributed by atoms with Crippen LogP contribution in [0.5, 0.6) is 5.75 Å². The third-order valence-corrected chi connectivity index (χ3v) is 3.74. The summed E-state index contributed by atoms with van der Waals surface area (Å²) in [5.74, 6) is 0.241. The molecule has 0 saturated carbocycles. The van der Waals surface area contributed by atoms with E-state index < -0.39 is 8.17 Å². The number of likely N-dealkylation sites (N-methyl/N-ethyl adjacent to an activating group) is 1. The molecule has 0 aliphatic rings. The van der Waals surface area contributed by atoms with E-state index in [2.05, 4.69) is 25.8 Å². The van der Waals surface area contributed by atoms with Crippen LogP contribution >= 0.6 is 24.1 Å². The predicted molar refractivity (Wildman–Crippen MR) is 82.5 cm³/mol. The summed E-state index contributed by atoms with van der Waals surface area (Å²) in [6.07, 6.45) is 2.64. The normalized spacial score (nSPS) is 12.3. The highest BCUT2D eigenvalue weighted by molar-refractivity contribution is 9.10. The number of H-pyrrole nitrogens is 1. The van der Waals surface area contributed by atoms with Crippen molar-refractivity contribution < 1.29 is 19.2 Å². The third kappa shape index (κ3) is 3.91. The van der Waals surface area contributed by atoms with Gasteiger partial charge < -0.3 is 9.88 Å². The van der Waals surface area contributed by atoms with Crippen LogP contribution in [0.15, 0.2) is 22.8 Å². The molecule has 0 amide bonds. The molecule has 0 unspecified atom stereocenters. The van der Waals surface area contributed by atoms with E-state index in [1.165, 1.54) is 0 Å². The first kappa shape index (κ1) is 15.7. The van der Waals surface area contributed by atoms with E-state index in [0.29, 0.717) is 0 Å². The van der Waals surface area contributed by atoms with Crippen LogP contribution in [-0.2, 0) is 6.42 Å². The molecule has 0 fully saturated rings. The molecule has 0 spiro atoms. The van der Waals surface area contributed by atoms with Crippen molar-refractivity contribution >= 4 is 35.0 Å². The Balaban J connectivity index is 2.45. The Kier molecular flexibility index (Phi) is 4.69. The molecule has 0 bridgehead atoms. The van der Waals surface area contributed by atoms with Gasteiger partial charge in [0.25, 0.3) is 0 Å². The zero-order chi connectivity index (χ0) is 14.9. The maximum Gasteiger partial charge on any atom is 0.613 e. The highest BCUT2D eigenvalue weighted by Gasteiger charge is 2.36. The quantitative estimate of drug-likeness (QED) is 0.610. The molecular weight excluding hydrogens is 347 g/mol. The van der Waals surface area contributed by atoms with E-state index >= 15 is 0 Å². The van der Waals surface area contributed by atoms with Gasteiger partial charge in [0.1, 0.15) is 0 Å². The standard InChI is InChI=1S/C12H17BrN2O4P/c1-15(2)4-3-8-7-14-10-5-9(13)6-11(12(8)10)19-20(16,17)18/h5-7,14,16-18H,3-4H2,1-2H3/q+1. The minimum Gasteiger partial charge on any atom is -0.361 e. The van der Waals surface area contributed by atoms with Gasteiger partial charge in [0.05, 0.1) is 10.9 Å². The molecule has 6 nitrogen and oxygen atoms in total. The molecule has 110 valence electrons. The number of aromatic nitrogens is 1. The largest absolute Gasteiger partial charge is 0.613 e. The van der Waals surface area contributed by atoms with Crippen LogP contribution in [0.25, 0.3) is 10.9 Å². The summed E-state index contributed by atoms with van der Waals surface area (Å²) < 4.78 is 5.63. The van der Waals surface area contributed by atoms with Crippen LogP contribution in [0.1, 0.15) is 5.56 Å². The molecule has 0 aliphatic carbocycles. The highest BCUT2D eigenvalue weighted by Crippen LogP contribution is 2.49. The van der Waals surface area contributed by atoms with Crippen molar-refractivity contribution in [2.45, 2.75) is 6.42 Å². The molecule has 0 saturated heterocycles. The lowest BCUT2D eigenvalue weighted by molar-refractivity contribution is 0.239. The molecule has 0 atom stereocenters. The fraction of sp³-hybridized carbons (Fsp3) is 0.333. The molecular formula is C12H17BrN2O4P+. The maximum atomic E-state index is 9.13. The second-order valence-electron chi connectivity index (χ2n) is 4.80. The van der Waals surface area contributed by atoms with Gasteiger partial charge in [0.2, 0.25) is 0 Å². The van der Waals surface area contributed by atoms with Crippen LogP contribution in [0, 0.1) is 0 Å². The lowest BCUT2D eigenvalue weighted by Gasteiger charge is -2.10. The first-order valence-corrected chi connectivity index (χ1v) is 8.33. The van der Waals surface area contributed by atoms with Gasteiger partial charge in [-0.2, -0.15) is 14.7 Å². The number of benzene rings is 1. The molecule has 20 heavy (non-hydrogen) atoms. The Labute approximate surface area is 125 Å². The first-order chi connectivity index (χ1) is 9.26. The minimum atomic E-state index is -4.34. The lowest BCUT2D eigenvalue weighted by Crippen LogP contribution is -2.14. The van der Waals surface area contributed by atoms with Crippen molar-refractivity contribution in [1.29, 1.82) is 0 Å². The molecule has 0 aliphatic heterocycles. The Morgan fingerprint density at radius 3 is 2.60 bits per heavy atom. The van der Waals surface area contributed by atoms with Crippen molar-refractivity contribution in [3.8, 4) is 5.75 Å². The zero-order valence-corrected chi connectivity index (χ0v) is 13.6. The van der Waals surface area contributed by atoms with Crippen molar-refractivity contribution in [2.24, 2.45) is 0 Å². The molecule has 2 rings (SSSR count). The number of nitrogens with one attached hydrogen (secondary N) is 1. The summed E-state index contributed by atoms with van der Waals surface area (Å²) in [6, 6.07) is 3.47. The van der Waals surface area contributed by atoms with Crippen molar-refractivity contribution in [1.82, 2.24) is 9.88 Å². The summed E-state index contributed by atoms with van der Waals surface area (Å²) in [7, 11) is -0.379. The van der Waals surface area contributed by atoms with Crippen LogP contribution < -0.4 is 4.52 Å². The van der Waals surface area contributed by atoms with E-state index in [4.69, 9.17) is 19.2 Å². The average Bonchev–Trinajstić information content (AvgIpc) is 2.67. The second kappa shape index (κ2) is 5.97. The lowest BCUT2D eigenvalue weighted by atomic mass is 10.1. The van der Waals surface area contributed by atoms with Gasteiger partial charge in [-0.1, -0.05) is 15.9 Å². The van der Waals surface area contributed by atoms with Gasteiger partial charge in [-0.05, 0) is 32.1 Å². The third-order valence-electron chi connectivity index (χ3n) is 2.84. The van der Waals surface area contributed by atoms with E-state index in [1.807, 2.05) is 26.4 Å². The molecule has 2 aromatic rings. The summed E-state index contributed by atoms with van der Waals surface area (Å²) >= 11 is 3.32. The van der Waals surface area contributed by atoms with Gasteiger partial charge >= 0.3 is 8.17 Å². The molecule has 8 heteroatoms. The van der Waals surface area contributed by atoms with Crippen LogP contribution in [0.4, 0.5) is 0 Å². The van der Waals surface area contributed by atoms with Gasteiger partial charge in [0, 0.05) is 23.3 Å². The molecule has 0 radical (unpaired) electrons. The summed E-state index contributed by atoms with van der Waals surface area (Å²) in [4.78, 5) is 32.6. The van der Waals surface area contributed by atoms with E-state index in [0.717, 1.165) is 33.9 Å². The number of nitrogens with zero attached hydrogens (tertiary/aromatic N) is 1. The van der Waals surface area contributed by atoms with Crippen LogP contribution in [0.3, 0.4) is 0 Å². The fourth-order valence-corrected chi connectivity index (χ4v) is 2.85. The van der Waals surface area contributed by atoms with Gasteiger partial charge in [0.15, 0.2) is 5.75 Å². The van der Waals surface area contributed by atoms with Crippen LogP contribution in [0.2, 0.25) is 0 Å². The zero-order valence-electron chi connectivity index (χ0n) is 11.2. The van der Waals surface area contributed by atoms with Gasteiger partial charge in [-0.3, -0.25) is 4.52 Å². The second-order valence-corrected chi connectivity index (χ2v) is 6.92. The number of aromatic amines is 1. The monoisotopic (exact) mass is 363 g/mol. The average molecular weight is 364 g/mol. The number of hydrogen-bond donors (Lipinski definition) is 4. The molecule has 1 aromatic heterocycles. The molecule has 1 aromatic carbocycles. The minimum absolute atomic E-state index is 0.241. The van der Waals surface area contributed by atoms with Crippen molar-refractivity contribution in [3.05, 3.63) is 28.4 Å². The Hall–Kier alpha value is -0.690. The predicted octanol–water partition coefficient (Wildman–Crippen LogP) is 2.07. The summed E-state index contributed by atoms with van der Waals surface area (Å²) in [5.41, 5.74) is 1.79. The Morgan fingerprint density at radius 1 is 1.30 bits per heavy atom. The Morgan fingerprint density at radius 2 is 2.00 bits per heavy atom. The topological polar surface area (TPSA) is 89.0 Å². The number of hydrogen-bond acceptors (Lipinski definition) is 5. The fourth-order valence-electron chi connectivity index (χ4n) is 2.01. The van der Waals surface area contributed by atoms with Gasteiger partial charge in [-0.25, -0.2) is 0 Å². The van der Waals surface area contributed by atoms with Crippen molar-refractivity contribution in [3.63, 3.8) is 0 Å². The first-order valence-electron chi connectivity index (χ1n) is 5.97. The Bertz CT molecular complexity index is 609. The van der Waals surface area contributed by atoms with E-state index in [1.54, 1.807) is 6.07 Å². The van der Waals surface area contributed by atoms with Crippen LogP contribution in [-0.4, -0.2) is 45.2 Å². The van der Waals surface area contributed by atoms with Crippen molar-refractivity contribution in [2.75, 3.05) is 20.6 Å². The molecule has 1 heterocycles. The number of fused-ring (bicyclic) bond motifs is 1.